The number of anilines is 1. The zero-order chi connectivity index (χ0) is 24.8. The number of nitrogens with zero attached hydrogens (tertiary/aromatic N) is 3. The largest absolute Gasteiger partial charge is 0.342 e. The van der Waals surface area contributed by atoms with Gasteiger partial charge in [-0.1, -0.05) is 60.9 Å². The van der Waals surface area contributed by atoms with Crippen molar-refractivity contribution < 1.29 is 9.59 Å². The number of carbonyl (C=O) groups excluding carboxylic acids is 2. The highest BCUT2D eigenvalue weighted by molar-refractivity contribution is 9.10. The molecule has 1 heterocycles. The van der Waals surface area contributed by atoms with E-state index >= 15 is 0 Å². The van der Waals surface area contributed by atoms with Crippen LogP contribution in [0.3, 0.4) is 0 Å². The number of carbonyl (C=O) groups is 2. The summed E-state index contributed by atoms with van der Waals surface area (Å²) in [5, 5.41) is 15.9. The Morgan fingerprint density at radius 2 is 1.85 bits per heavy atom. The van der Waals surface area contributed by atoms with Gasteiger partial charge in [0.25, 0.3) is 5.91 Å². The third-order valence-electron chi connectivity index (χ3n) is 4.85. The standard InChI is InChI=1S/C23H24BrCl2N5O2S/c1-13(2)10-19(28-22(33)15-6-4-5-7-17(15)25)21-29-30-23(31(21)3)34-12-20(32)27-14-8-9-16(24)18(26)11-14/h4-9,11,13,19H,10,12H2,1-3H3,(H,27,32)(H,28,33)/t19-/m0/s1. The number of halogens is 3. The van der Waals surface area contributed by atoms with Gasteiger partial charge in [0.05, 0.1) is 27.4 Å². The van der Waals surface area contributed by atoms with E-state index in [9.17, 15) is 9.59 Å². The van der Waals surface area contributed by atoms with Crippen molar-refractivity contribution in [3.63, 3.8) is 0 Å². The number of nitrogens with one attached hydrogen (secondary N) is 2. The maximum absolute atomic E-state index is 12.9. The summed E-state index contributed by atoms with van der Waals surface area (Å²) in [5.41, 5.74) is 1.01. The molecule has 2 N–H and O–H groups in total. The Balaban J connectivity index is 1.68. The van der Waals surface area contributed by atoms with Crippen LogP contribution >= 0.6 is 50.9 Å². The van der Waals surface area contributed by atoms with Gasteiger partial charge in [0.15, 0.2) is 11.0 Å². The van der Waals surface area contributed by atoms with E-state index in [-0.39, 0.29) is 23.6 Å². The van der Waals surface area contributed by atoms with Gasteiger partial charge < -0.3 is 15.2 Å². The molecule has 180 valence electrons. The molecule has 0 aliphatic carbocycles. The van der Waals surface area contributed by atoms with Crippen LogP contribution in [0.5, 0.6) is 0 Å². The Morgan fingerprint density at radius 1 is 1.12 bits per heavy atom. The average Bonchev–Trinajstić information content (AvgIpc) is 3.14. The van der Waals surface area contributed by atoms with Crippen molar-refractivity contribution >= 4 is 68.4 Å². The fraction of sp³-hybridized carbons (Fsp3) is 0.304. The first-order chi connectivity index (χ1) is 16.2. The van der Waals surface area contributed by atoms with Gasteiger partial charge in [-0.15, -0.1) is 10.2 Å². The summed E-state index contributed by atoms with van der Waals surface area (Å²) in [5.74, 6) is 0.574. The fourth-order valence-corrected chi connectivity index (χ4v) is 4.60. The van der Waals surface area contributed by atoms with Gasteiger partial charge in [-0.2, -0.15) is 0 Å². The van der Waals surface area contributed by atoms with E-state index in [2.05, 4.69) is 50.6 Å². The van der Waals surface area contributed by atoms with Crippen molar-refractivity contribution in [2.75, 3.05) is 11.1 Å². The second-order valence-electron chi connectivity index (χ2n) is 8.00. The Bertz CT molecular complexity index is 1190. The lowest BCUT2D eigenvalue weighted by atomic mass is 10.0. The first-order valence-electron chi connectivity index (χ1n) is 10.5. The summed E-state index contributed by atoms with van der Waals surface area (Å²) in [6.45, 7) is 4.14. The van der Waals surface area contributed by atoms with Gasteiger partial charge in [-0.25, -0.2) is 0 Å². The Hall–Kier alpha value is -2.07. The van der Waals surface area contributed by atoms with Crippen LogP contribution in [0.15, 0.2) is 52.1 Å². The molecule has 0 fully saturated rings. The van der Waals surface area contributed by atoms with Crippen LogP contribution in [0.25, 0.3) is 0 Å². The molecule has 2 aromatic carbocycles. The number of benzene rings is 2. The van der Waals surface area contributed by atoms with Crippen LogP contribution in [0, 0.1) is 5.92 Å². The minimum atomic E-state index is -0.366. The predicted molar refractivity (Wildman–Crippen MR) is 141 cm³/mol. The summed E-state index contributed by atoms with van der Waals surface area (Å²) >= 11 is 16.9. The third kappa shape index (κ3) is 6.97. The Labute approximate surface area is 221 Å². The highest BCUT2D eigenvalue weighted by Crippen LogP contribution is 2.27. The second kappa shape index (κ2) is 12.1. The highest BCUT2D eigenvalue weighted by Gasteiger charge is 2.24. The molecule has 0 unspecified atom stereocenters. The van der Waals surface area contributed by atoms with E-state index in [1.807, 2.05) is 7.05 Å². The number of rotatable bonds is 9. The summed E-state index contributed by atoms with van der Waals surface area (Å²) in [7, 11) is 1.82. The summed E-state index contributed by atoms with van der Waals surface area (Å²) in [6, 6.07) is 11.7. The molecule has 3 aromatic rings. The molecule has 1 aromatic heterocycles. The minimum absolute atomic E-state index is 0.139. The lowest BCUT2D eigenvalue weighted by molar-refractivity contribution is -0.113. The van der Waals surface area contributed by atoms with Gasteiger partial charge in [0.2, 0.25) is 5.91 Å². The summed E-state index contributed by atoms with van der Waals surface area (Å²) < 4.78 is 2.56. The van der Waals surface area contributed by atoms with Crippen molar-refractivity contribution in [3.05, 3.63) is 68.4 Å². The van der Waals surface area contributed by atoms with Gasteiger partial charge in [0, 0.05) is 17.2 Å². The zero-order valence-corrected chi connectivity index (χ0v) is 22.7. The zero-order valence-electron chi connectivity index (χ0n) is 18.8. The summed E-state index contributed by atoms with van der Waals surface area (Å²) in [6.07, 6.45) is 0.664. The lowest BCUT2D eigenvalue weighted by Crippen LogP contribution is -2.31. The molecule has 0 saturated carbocycles. The minimum Gasteiger partial charge on any atom is -0.342 e. The van der Waals surface area contributed by atoms with Crippen LogP contribution in [0.1, 0.15) is 42.5 Å². The van der Waals surface area contributed by atoms with Crippen LogP contribution < -0.4 is 10.6 Å². The predicted octanol–water partition coefficient (Wildman–Crippen LogP) is 6.13. The maximum atomic E-state index is 12.9. The number of hydrogen-bond acceptors (Lipinski definition) is 5. The van der Waals surface area contributed by atoms with E-state index < -0.39 is 0 Å². The molecule has 0 radical (unpaired) electrons. The molecule has 1 atom stereocenters. The van der Waals surface area contributed by atoms with E-state index in [4.69, 9.17) is 23.2 Å². The molecule has 3 rings (SSSR count). The topological polar surface area (TPSA) is 88.9 Å². The van der Waals surface area contributed by atoms with Crippen molar-refractivity contribution in [1.82, 2.24) is 20.1 Å². The smallest absolute Gasteiger partial charge is 0.253 e. The summed E-state index contributed by atoms with van der Waals surface area (Å²) in [4.78, 5) is 25.3. The van der Waals surface area contributed by atoms with E-state index in [1.165, 1.54) is 11.8 Å². The first kappa shape index (κ1) is 26.5. The molecular formula is C23H24BrCl2N5O2S. The van der Waals surface area contributed by atoms with Crippen LogP contribution in [-0.2, 0) is 11.8 Å². The van der Waals surface area contributed by atoms with E-state index in [0.29, 0.717) is 44.6 Å². The van der Waals surface area contributed by atoms with Gasteiger partial charge >= 0.3 is 0 Å². The van der Waals surface area contributed by atoms with Crippen LogP contribution in [0.2, 0.25) is 10.0 Å². The quantitative estimate of drug-likeness (QED) is 0.295. The molecule has 34 heavy (non-hydrogen) atoms. The maximum Gasteiger partial charge on any atom is 0.253 e. The van der Waals surface area contributed by atoms with Crippen molar-refractivity contribution in [2.24, 2.45) is 13.0 Å². The molecule has 0 bridgehead atoms. The number of hydrogen-bond donors (Lipinski definition) is 2. The van der Waals surface area contributed by atoms with Crippen molar-refractivity contribution in [1.29, 1.82) is 0 Å². The van der Waals surface area contributed by atoms with Crippen LogP contribution in [0.4, 0.5) is 5.69 Å². The van der Waals surface area contributed by atoms with Crippen LogP contribution in [-0.4, -0.2) is 32.3 Å². The first-order valence-corrected chi connectivity index (χ1v) is 13.0. The second-order valence-corrected chi connectivity index (χ2v) is 10.6. The monoisotopic (exact) mass is 583 g/mol. The Morgan fingerprint density at radius 3 is 2.53 bits per heavy atom. The molecular weight excluding hydrogens is 561 g/mol. The average molecular weight is 585 g/mol. The highest BCUT2D eigenvalue weighted by atomic mass is 79.9. The molecule has 0 aliphatic rings. The number of aromatic nitrogens is 3. The number of amides is 2. The molecule has 0 saturated heterocycles. The molecule has 0 aliphatic heterocycles. The molecule has 2 amide bonds. The third-order valence-corrected chi connectivity index (χ3v) is 7.43. The SMILES string of the molecule is CC(C)C[C@H](NC(=O)c1ccccc1Cl)c1nnc(SCC(=O)Nc2ccc(Br)c(Cl)c2)n1C. The van der Waals surface area contributed by atoms with Crippen molar-refractivity contribution in [2.45, 2.75) is 31.5 Å². The van der Waals surface area contributed by atoms with Gasteiger partial charge in [0.1, 0.15) is 0 Å². The normalized spacial score (nSPS) is 12.0. The Kier molecular flexibility index (Phi) is 9.41. The molecule has 7 nitrogen and oxygen atoms in total. The van der Waals surface area contributed by atoms with Gasteiger partial charge in [-0.05, 0) is 58.6 Å². The van der Waals surface area contributed by atoms with E-state index in [1.54, 1.807) is 47.0 Å². The van der Waals surface area contributed by atoms with Gasteiger partial charge in [-0.3, -0.25) is 9.59 Å². The fourth-order valence-electron chi connectivity index (χ4n) is 3.24. The van der Waals surface area contributed by atoms with Crippen molar-refractivity contribution in [3.8, 4) is 0 Å². The molecule has 0 spiro atoms. The number of thioether (sulfide) groups is 1. The van der Waals surface area contributed by atoms with E-state index in [0.717, 1.165) is 4.47 Å². The molecule has 11 heteroatoms. The lowest BCUT2D eigenvalue weighted by Gasteiger charge is -2.20.